The van der Waals surface area contributed by atoms with Crippen LogP contribution in [0.3, 0.4) is 0 Å². The molecule has 164 valence electrons. The standard InChI is InChI=1S/C29H24ClNO2/c30-25-13-7-12-23(15-25)14-24-16-26-29(27(17-24)32-19-21-8-3-1-4-9-21)28(18-31-26)33-20-22-10-5-2-6-11-22/h1-13,15-18,31H,14,19-20H2. The summed E-state index contributed by atoms with van der Waals surface area (Å²) in [6.45, 7) is 0.982. The van der Waals surface area contributed by atoms with Crippen LogP contribution in [0.25, 0.3) is 10.9 Å². The van der Waals surface area contributed by atoms with E-state index in [-0.39, 0.29) is 0 Å². The molecule has 5 aromatic rings. The van der Waals surface area contributed by atoms with Crippen LogP contribution in [0.5, 0.6) is 11.5 Å². The van der Waals surface area contributed by atoms with Crippen LogP contribution in [0, 0.1) is 0 Å². The number of hydrogen-bond donors (Lipinski definition) is 1. The first-order valence-electron chi connectivity index (χ1n) is 11.0. The van der Waals surface area contributed by atoms with Crippen molar-refractivity contribution in [1.29, 1.82) is 0 Å². The predicted octanol–water partition coefficient (Wildman–Crippen LogP) is 7.57. The van der Waals surface area contributed by atoms with E-state index < -0.39 is 0 Å². The first-order valence-corrected chi connectivity index (χ1v) is 11.3. The van der Waals surface area contributed by atoms with Crippen molar-refractivity contribution in [1.82, 2.24) is 4.98 Å². The molecular formula is C29H24ClNO2. The molecule has 4 aromatic carbocycles. The molecule has 1 aromatic heterocycles. The highest BCUT2D eigenvalue weighted by Crippen LogP contribution is 2.37. The molecule has 5 rings (SSSR count). The van der Waals surface area contributed by atoms with Crippen LogP contribution >= 0.6 is 11.6 Å². The number of ether oxygens (including phenoxy) is 2. The van der Waals surface area contributed by atoms with Crippen LogP contribution in [-0.2, 0) is 19.6 Å². The van der Waals surface area contributed by atoms with Gasteiger partial charge in [0.25, 0.3) is 0 Å². The first-order chi connectivity index (χ1) is 16.2. The van der Waals surface area contributed by atoms with Crippen LogP contribution in [0.15, 0.2) is 103 Å². The molecule has 33 heavy (non-hydrogen) atoms. The second-order valence-corrected chi connectivity index (χ2v) is 8.46. The van der Waals surface area contributed by atoms with E-state index in [9.17, 15) is 0 Å². The van der Waals surface area contributed by atoms with Crippen molar-refractivity contribution >= 4 is 22.5 Å². The van der Waals surface area contributed by atoms with Crippen molar-refractivity contribution in [3.8, 4) is 11.5 Å². The van der Waals surface area contributed by atoms with Crippen molar-refractivity contribution in [3.05, 3.63) is 131 Å². The molecule has 0 spiro atoms. The number of H-pyrrole nitrogens is 1. The lowest BCUT2D eigenvalue weighted by molar-refractivity contribution is 0.298. The van der Waals surface area contributed by atoms with E-state index in [2.05, 4.69) is 47.4 Å². The molecule has 0 fully saturated rings. The maximum Gasteiger partial charge on any atom is 0.148 e. The monoisotopic (exact) mass is 453 g/mol. The summed E-state index contributed by atoms with van der Waals surface area (Å²) in [7, 11) is 0. The molecule has 0 aliphatic heterocycles. The SMILES string of the molecule is Clc1cccc(Cc2cc(OCc3ccccc3)c3c(OCc4ccccc4)c[nH]c3c2)c1. The fourth-order valence-electron chi connectivity index (χ4n) is 3.94. The van der Waals surface area contributed by atoms with Gasteiger partial charge in [-0.25, -0.2) is 0 Å². The molecule has 0 aliphatic rings. The number of hydrogen-bond acceptors (Lipinski definition) is 2. The fourth-order valence-corrected chi connectivity index (χ4v) is 4.15. The third kappa shape index (κ3) is 5.21. The number of halogens is 1. The highest BCUT2D eigenvalue weighted by molar-refractivity contribution is 6.30. The number of aromatic amines is 1. The van der Waals surface area contributed by atoms with E-state index in [0.29, 0.717) is 13.2 Å². The lowest BCUT2D eigenvalue weighted by atomic mass is 10.0. The zero-order valence-electron chi connectivity index (χ0n) is 18.1. The molecule has 4 heteroatoms. The van der Waals surface area contributed by atoms with Crippen LogP contribution in [0.2, 0.25) is 5.02 Å². The largest absolute Gasteiger partial charge is 0.488 e. The normalized spacial score (nSPS) is 10.9. The van der Waals surface area contributed by atoms with Crippen LogP contribution in [-0.4, -0.2) is 4.98 Å². The van der Waals surface area contributed by atoms with Gasteiger partial charge in [-0.2, -0.15) is 0 Å². The Bertz CT molecular complexity index is 1350. The molecule has 0 atom stereocenters. The topological polar surface area (TPSA) is 34.2 Å². The Labute approximate surface area is 198 Å². The predicted molar refractivity (Wildman–Crippen MR) is 134 cm³/mol. The van der Waals surface area contributed by atoms with Crippen molar-refractivity contribution in [2.45, 2.75) is 19.6 Å². The second-order valence-electron chi connectivity index (χ2n) is 8.02. The highest BCUT2D eigenvalue weighted by atomic mass is 35.5. The average Bonchev–Trinajstić information content (AvgIpc) is 3.26. The molecule has 0 amide bonds. The average molecular weight is 454 g/mol. The number of nitrogens with one attached hydrogen (secondary N) is 1. The van der Waals surface area contributed by atoms with Gasteiger partial charge in [0, 0.05) is 11.2 Å². The van der Waals surface area contributed by atoms with Gasteiger partial charge in [-0.05, 0) is 52.9 Å². The summed E-state index contributed by atoms with van der Waals surface area (Å²) in [5, 5.41) is 1.70. The molecule has 0 saturated heterocycles. The summed E-state index contributed by atoms with van der Waals surface area (Å²) >= 11 is 6.20. The van der Waals surface area contributed by atoms with E-state index >= 15 is 0 Å². The summed E-state index contributed by atoms with van der Waals surface area (Å²) in [6, 6.07) is 32.6. The Morgan fingerprint density at radius 3 is 1.91 bits per heavy atom. The Morgan fingerprint density at radius 1 is 0.606 bits per heavy atom. The molecule has 0 unspecified atom stereocenters. The van der Waals surface area contributed by atoms with Gasteiger partial charge in [0.1, 0.15) is 24.7 Å². The lowest BCUT2D eigenvalue weighted by Gasteiger charge is -2.13. The van der Waals surface area contributed by atoms with Gasteiger partial charge in [-0.3, -0.25) is 0 Å². The number of rotatable bonds is 8. The molecule has 3 nitrogen and oxygen atoms in total. The molecule has 0 aliphatic carbocycles. The van der Waals surface area contributed by atoms with Gasteiger partial charge in [-0.1, -0.05) is 84.4 Å². The summed E-state index contributed by atoms with van der Waals surface area (Å²) in [4.78, 5) is 3.37. The Balaban J connectivity index is 1.47. The Kier molecular flexibility index (Phi) is 6.32. The molecule has 0 radical (unpaired) electrons. The van der Waals surface area contributed by atoms with Gasteiger partial charge in [0.05, 0.1) is 10.9 Å². The molecule has 1 N–H and O–H groups in total. The fraction of sp³-hybridized carbons (Fsp3) is 0.103. The van der Waals surface area contributed by atoms with Crippen LogP contribution < -0.4 is 9.47 Å². The maximum absolute atomic E-state index is 6.33. The van der Waals surface area contributed by atoms with E-state index in [1.54, 1.807) is 0 Å². The van der Waals surface area contributed by atoms with E-state index in [1.165, 1.54) is 0 Å². The summed E-state index contributed by atoms with van der Waals surface area (Å²) in [5.41, 5.74) is 5.53. The minimum absolute atomic E-state index is 0.486. The van der Waals surface area contributed by atoms with Gasteiger partial charge < -0.3 is 14.5 Å². The Hall–Kier alpha value is -3.69. The van der Waals surface area contributed by atoms with Crippen molar-refractivity contribution in [2.24, 2.45) is 0 Å². The Morgan fingerprint density at radius 2 is 1.24 bits per heavy atom. The van der Waals surface area contributed by atoms with Crippen LogP contribution in [0.4, 0.5) is 0 Å². The number of aromatic nitrogens is 1. The minimum Gasteiger partial charge on any atom is -0.488 e. The molecule has 0 saturated carbocycles. The van der Waals surface area contributed by atoms with Gasteiger partial charge in [0.2, 0.25) is 0 Å². The molecular weight excluding hydrogens is 430 g/mol. The quantitative estimate of drug-likeness (QED) is 0.263. The number of fused-ring (bicyclic) bond motifs is 1. The van der Waals surface area contributed by atoms with Gasteiger partial charge in [-0.15, -0.1) is 0 Å². The maximum atomic E-state index is 6.33. The lowest BCUT2D eigenvalue weighted by Crippen LogP contribution is -1.99. The highest BCUT2D eigenvalue weighted by Gasteiger charge is 2.14. The number of benzene rings is 4. The third-order valence-corrected chi connectivity index (χ3v) is 5.77. The third-order valence-electron chi connectivity index (χ3n) is 5.54. The van der Waals surface area contributed by atoms with E-state index in [1.807, 2.05) is 60.8 Å². The van der Waals surface area contributed by atoms with E-state index in [0.717, 1.165) is 56.1 Å². The minimum atomic E-state index is 0.486. The smallest absolute Gasteiger partial charge is 0.148 e. The zero-order chi connectivity index (χ0) is 22.5. The molecule has 0 bridgehead atoms. The first kappa shape index (κ1) is 21.2. The van der Waals surface area contributed by atoms with Crippen LogP contribution in [0.1, 0.15) is 22.3 Å². The zero-order valence-corrected chi connectivity index (χ0v) is 18.9. The van der Waals surface area contributed by atoms with Gasteiger partial charge in [0.15, 0.2) is 0 Å². The van der Waals surface area contributed by atoms with Crippen molar-refractivity contribution in [2.75, 3.05) is 0 Å². The summed E-state index contributed by atoms with van der Waals surface area (Å²) in [5.74, 6) is 1.59. The summed E-state index contributed by atoms with van der Waals surface area (Å²) < 4.78 is 12.5. The molecule has 1 heterocycles. The second kappa shape index (κ2) is 9.85. The summed E-state index contributed by atoms with van der Waals surface area (Å²) in [6.07, 6.45) is 2.67. The van der Waals surface area contributed by atoms with Crippen molar-refractivity contribution < 1.29 is 9.47 Å². The van der Waals surface area contributed by atoms with Crippen molar-refractivity contribution in [3.63, 3.8) is 0 Å². The van der Waals surface area contributed by atoms with Gasteiger partial charge >= 0.3 is 0 Å². The van der Waals surface area contributed by atoms with E-state index in [4.69, 9.17) is 21.1 Å².